The second-order valence-electron chi connectivity index (χ2n) is 5.80. The highest BCUT2D eigenvalue weighted by molar-refractivity contribution is 6.30. The minimum Gasteiger partial charge on any atom is -0.497 e. The van der Waals surface area contributed by atoms with Crippen LogP contribution in [0.5, 0.6) is 5.75 Å². The van der Waals surface area contributed by atoms with E-state index in [2.05, 4.69) is 10.6 Å². The molecule has 2 aromatic rings. The maximum atomic E-state index is 11.9. The van der Waals surface area contributed by atoms with Gasteiger partial charge in [0.2, 0.25) is 0 Å². The van der Waals surface area contributed by atoms with Gasteiger partial charge in [0.15, 0.2) is 6.61 Å². The molecule has 0 fully saturated rings. The zero-order valence-corrected chi connectivity index (χ0v) is 16.1. The Bertz CT molecular complexity index is 806. The summed E-state index contributed by atoms with van der Waals surface area (Å²) in [7, 11) is 1.55. The van der Waals surface area contributed by atoms with Crippen LogP contribution in [-0.2, 0) is 14.3 Å². The van der Waals surface area contributed by atoms with Crippen LogP contribution in [0.2, 0.25) is 5.02 Å². The van der Waals surface area contributed by atoms with Gasteiger partial charge in [0.1, 0.15) is 5.75 Å². The second kappa shape index (κ2) is 10.9. The topological polar surface area (TPSA) is 93.7 Å². The standard InChI is InChI=1S/C20H21ClN2O5/c1-27-17-10-8-16(9-11-17)23-18(24)13-28-19(25)3-2-12-22-20(26)14-4-6-15(21)7-5-14/h4-11H,2-3,12-13H2,1H3,(H,22,26)(H,23,24). The van der Waals surface area contributed by atoms with E-state index in [-0.39, 0.29) is 18.9 Å². The Morgan fingerprint density at radius 2 is 1.68 bits per heavy atom. The first-order valence-corrected chi connectivity index (χ1v) is 8.99. The molecule has 2 aromatic carbocycles. The molecule has 8 heteroatoms. The lowest BCUT2D eigenvalue weighted by atomic mass is 10.2. The molecule has 2 rings (SSSR count). The first-order chi connectivity index (χ1) is 13.5. The van der Waals surface area contributed by atoms with Crippen LogP contribution in [0.3, 0.4) is 0 Å². The molecule has 0 bridgehead atoms. The number of amides is 2. The van der Waals surface area contributed by atoms with E-state index in [0.29, 0.717) is 35.0 Å². The molecule has 2 N–H and O–H groups in total. The van der Waals surface area contributed by atoms with Crippen molar-refractivity contribution >= 4 is 35.1 Å². The SMILES string of the molecule is COc1ccc(NC(=O)COC(=O)CCCNC(=O)c2ccc(Cl)cc2)cc1. The quantitative estimate of drug-likeness (QED) is 0.495. The van der Waals surface area contributed by atoms with E-state index >= 15 is 0 Å². The van der Waals surface area contributed by atoms with Gasteiger partial charge in [-0.2, -0.15) is 0 Å². The van der Waals surface area contributed by atoms with Gasteiger partial charge >= 0.3 is 5.97 Å². The summed E-state index contributed by atoms with van der Waals surface area (Å²) in [5.74, 6) is -0.517. The molecule has 0 atom stereocenters. The number of methoxy groups -OCH3 is 1. The predicted molar refractivity (Wildman–Crippen MR) is 106 cm³/mol. The Balaban J connectivity index is 1.60. The molecule has 7 nitrogen and oxygen atoms in total. The number of carbonyl (C=O) groups is 3. The van der Waals surface area contributed by atoms with Crippen LogP contribution in [0.25, 0.3) is 0 Å². The van der Waals surface area contributed by atoms with Crippen LogP contribution in [0, 0.1) is 0 Å². The number of hydrogen-bond acceptors (Lipinski definition) is 5. The lowest BCUT2D eigenvalue weighted by Gasteiger charge is -2.08. The van der Waals surface area contributed by atoms with Crippen molar-refractivity contribution in [3.05, 3.63) is 59.1 Å². The summed E-state index contributed by atoms with van der Waals surface area (Å²) in [5, 5.41) is 5.87. The molecule has 148 valence electrons. The Kier molecular flexibility index (Phi) is 8.30. The molecule has 0 heterocycles. The molecular formula is C20H21ClN2O5. The molecule has 2 amide bonds. The van der Waals surface area contributed by atoms with Gasteiger partial charge in [-0.3, -0.25) is 14.4 Å². The van der Waals surface area contributed by atoms with Gasteiger partial charge in [-0.1, -0.05) is 11.6 Å². The van der Waals surface area contributed by atoms with E-state index in [9.17, 15) is 14.4 Å². The number of benzene rings is 2. The third-order valence-corrected chi connectivity index (χ3v) is 3.94. The first-order valence-electron chi connectivity index (χ1n) is 8.61. The summed E-state index contributed by atoms with van der Waals surface area (Å²) in [6.45, 7) is -0.0589. The van der Waals surface area contributed by atoms with E-state index < -0.39 is 11.9 Å². The fourth-order valence-electron chi connectivity index (χ4n) is 2.23. The Morgan fingerprint density at radius 1 is 1.00 bits per heavy atom. The molecule has 28 heavy (non-hydrogen) atoms. The highest BCUT2D eigenvalue weighted by Gasteiger charge is 2.09. The zero-order valence-electron chi connectivity index (χ0n) is 15.4. The van der Waals surface area contributed by atoms with Crippen LogP contribution in [0.15, 0.2) is 48.5 Å². The largest absolute Gasteiger partial charge is 0.497 e. The number of nitrogens with one attached hydrogen (secondary N) is 2. The van der Waals surface area contributed by atoms with Crippen molar-refractivity contribution < 1.29 is 23.9 Å². The number of esters is 1. The summed E-state index contributed by atoms with van der Waals surface area (Å²) < 4.78 is 9.95. The van der Waals surface area contributed by atoms with Crippen molar-refractivity contribution in [1.82, 2.24) is 5.32 Å². The summed E-state index contributed by atoms with van der Waals surface area (Å²) >= 11 is 5.77. The lowest BCUT2D eigenvalue weighted by Crippen LogP contribution is -2.25. The maximum Gasteiger partial charge on any atom is 0.306 e. The molecule has 0 radical (unpaired) electrons. The highest BCUT2D eigenvalue weighted by Crippen LogP contribution is 2.14. The molecule has 0 unspecified atom stereocenters. The van der Waals surface area contributed by atoms with Gasteiger partial charge in [0.25, 0.3) is 11.8 Å². The van der Waals surface area contributed by atoms with E-state index in [0.717, 1.165) is 0 Å². The molecule has 0 aromatic heterocycles. The summed E-state index contributed by atoms with van der Waals surface area (Å²) in [6.07, 6.45) is 0.495. The minimum absolute atomic E-state index is 0.0940. The number of anilines is 1. The van der Waals surface area contributed by atoms with Gasteiger partial charge in [-0.25, -0.2) is 0 Å². The summed E-state index contributed by atoms with van der Waals surface area (Å²) in [5.41, 5.74) is 1.06. The van der Waals surface area contributed by atoms with Gasteiger partial charge in [0, 0.05) is 29.2 Å². The average Bonchev–Trinajstić information content (AvgIpc) is 2.70. The van der Waals surface area contributed by atoms with Crippen molar-refractivity contribution in [3.63, 3.8) is 0 Å². The number of rotatable bonds is 9. The summed E-state index contributed by atoms with van der Waals surface area (Å²) in [4.78, 5) is 35.4. The van der Waals surface area contributed by atoms with Crippen molar-refractivity contribution in [2.45, 2.75) is 12.8 Å². The van der Waals surface area contributed by atoms with Crippen molar-refractivity contribution in [1.29, 1.82) is 0 Å². The molecular weight excluding hydrogens is 384 g/mol. The Morgan fingerprint density at radius 3 is 2.32 bits per heavy atom. The smallest absolute Gasteiger partial charge is 0.306 e. The van der Waals surface area contributed by atoms with Crippen LogP contribution >= 0.6 is 11.6 Å². The fraction of sp³-hybridized carbons (Fsp3) is 0.250. The summed E-state index contributed by atoms with van der Waals surface area (Å²) in [6, 6.07) is 13.3. The monoisotopic (exact) mass is 404 g/mol. The molecule has 0 aliphatic heterocycles. The maximum absolute atomic E-state index is 11.9. The van der Waals surface area contributed by atoms with Crippen LogP contribution in [0.4, 0.5) is 5.69 Å². The van der Waals surface area contributed by atoms with Gasteiger partial charge in [0.05, 0.1) is 7.11 Å². The number of carbonyl (C=O) groups excluding carboxylic acids is 3. The zero-order chi connectivity index (χ0) is 20.4. The normalized spacial score (nSPS) is 10.1. The highest BCUT2D eigenvalue weighted by atomic mass is 35.5. The average molecular weight is 405 g/mol. The number of ether oxygens (including phenoxy) is 2. The Labute approximate surface area is 168 Å². The van der Waals surface area contributed by atoms with Crippen LogP contribution < -0.4 is 15.4 Å². The molecule has 0 saturated carbocycles. The van der Waals surface area contributed by atoms with Gasteiger partial charge in [-0.15, -0.1) is 0 Å². The van der Waals surface area contributed by atoms with E-state index in [1.807, 2.05) is 0 Å². The van der Waals surface area contributed by atoms with Crippen molar-refractivity contribution in [2.24, 2.45) is 0 Å². The minimum atomic E-state index is -0.509. The third kappa shape index (κ3) is 7.28. The van der Waals surface area contributed by atoms with Crippen LogP contribution in [0.1, 0.15) is 23.2 Å². The lowest BCUT2D eigenvalue weighted by molar-refractivity contribution is -0.147. The molecule has 0 spiro atoms. The third-order valence-electron chi connectivity index (χ3n) is 3.69. The Hall–Kier alpha value is -3.06. The second-order valence-corrected chi connectivity index (χ2v) is 6.24. The van der Waals surface area contributed by atoms with Crippen molar-refractivity contribution in [2.75, 3.05) is 25.6 Å². The molecule has 0 aliphatic rings. The van der Waals surface area contributed by atoms with Crippen molar-refractivity contribution in [3.8, 4) is 5.75 Å². The van der Waals surface area contributed by atoms with E-state index in [4.69, 9.17) is 21.1 Å². The van der Waals surface area contributed by atoms with Gasteiger partial charge in [-0.05, 0) is 55.0 Å². The molecule has 0 saturated heterocycles. The first kappa shape index (κ1) is 21.2. The fourth-order valence-corrected chi connectivity index (χ4v) is 2.35. The van der Waals surface area contributed by atoms with E-state index in [1.54, 1.807) is 55.6 Å². The number of hydrogen-bond donors (Lipinski definition) is 2. The van der Waals surface area contributed by atoms with Gasteiger partial charge < -0.3 is 20.1 Å². The molecule has 0 aliphatic carbocycles. The van der Waals surface area contributed by atoms with E-state index in [1.165, 1.54) is 0 Å². The predicted octanol–water partition coefficient (Wildman–Crippen LogP) is 3.04. The van der Waals surface area contributed by atoms with Crippen LogP contribution in [-0.4, -0.2) is 38.0 Å². The number of halogens is 1.